The van der Waals surface area contributed by atoms with Crippen LogP contribution in [0.5, 0.6) is 0 Å². The maximum absolute atomic E-state index is 10.2. The Morgan fingerprint density at radius 3 is 1.92 bits per heavy atom. The van der Waals surface area contributed by atoms with Crippen molar-refractivity contribution in [3.63, 3.8) is 0 Å². The molecule has 2 heteroatoms. The van der Waals surface area contributed by atoms with E-state index in [1.807, 2.05) is 46.8 Å². The van der Waals surface area contributed by atoms with Gasteiger partial charge in [-0.15, -0.1) is 0 Å². The van der Waals surface area contributed by atoms with Crippen LogP contribution in [0.4, 0.5) is 0 Å². The van der Waals surface area contributed by atoms with Crippen molar-refractivity contribution >= 4 is 5.91 Å². The van der Waals surface area contributed by atoms with Crippen LogP contribution in [0.2, 0.25) is 0 Å². The fourth-order valence-electron chi connectivity index (χ4n) is 0.321. The van der Waals surface area contributed by atoms with E-state index >= 15 is 0 Å². The topological polar surface area (TPSA) is 29.1 Å². The van der Waals surface area contributed by atoms with E-state index in [4.69, 9.17) is 0 Å². The summed E-state index contributed by atoms with van der Waals surface area (Å²) in [5.41, 5.74) is 0. The molecule has 0 heterocycles. The first kappa shape index (κ1) is 17.3. The molecule has 0 aliphatic carbocycles. The lowest BCUT2D eigenvalue weighted by Gasteiger charge is -1.91. The largest absolute Gasteiger partial charge is 0.353 e. The molecule has 12 heavy (non-hydrogen) atoms. The maximum Gasteiger partial charge on any atom is 0.217 e. The van der Waals surface area contributed by atoms with E-state index in [-0.39, 0.29) is 5.91 Å². The average molecular weight is 173 g/mol. The van der Waals surface area contributed by atoms with Crippen LogP contribution < -0.4 is 5.32 Å². The first-order valence-electron chi connectivity index (χ1n) is 4.63. The molecule has 0 fully saturated rings. The van der Waals surface area contributed by atoms with Gasteiger partial charge in [-0.2, -0.15) is 0 Å². The minimum atomic E-state index is 0.0168. The molecule has 0 saturated heterocycles. The molecule has 0 aliphatic rings. The number of amides is 1. The summed E-state index contributed by atoms with van der Waals surface area (Å²) in [6, 6.07) is 0. The highest BCUT2D eigenvalue weighted by atomic mass is 16.1. The van der Waals surface area contributed by atoms with Crippen LogP contribution in [0, 0.1) is 0 Å². The Kier molecular flexibility index (Phi) is 32.4. The van der Waals surface area contributed by atoms with Gasteiger partial charge in [0.05, 0.1) is 0 Å². The zero-order chi connectivity index (χ0) is 10.4. The Balaban J connectivity index is -0.000000175. The summed E-state index contributed by atoms with van der Waals surface area (Å²) in [5.74, 6) is 0.0168. The first-order chi connectivity index (χ1) is 5.77. The molecule has 2 nitrogen and oxygen atoms in total. The fraction of sp³-hybridized carbons (Fsp3) is 0.700. The van der Waals surface area contributed by atoms with Gasteiger partial charge >= 0.3 is 0 Å². The molecule has 1 N–H and O–H groups in total. The quantitative estimate of drug-likeness (QED) is 0.639. The summed E-state index contributed by atoms with van der Waals surface area (Å²) in [5, 5.41) is 2.62. The van der Waals surface area contributed by atoms with Gasteiger partial charge in [-0.3, -0.25) is 4.79 Å². The molecule has 0 bridgehead atoms. The van der Waals surface area contributed by atoms with Crippen LogP contribution in [0.1, 0.15) is 41.5 Å². The van der Waals surface area contributed by atoms with Gasteiger partial charge in [0.1, 0.15) is 0 Å². The number of allylic oxidation sites excluding steroid dienone is 1. The number of nitrogens with one attached hydrogen (secondary N) is 1. The zero-order valence-corrected chi connectivity index (χ0v) is 9.27. The third-order valence-electron chi connectivity index (χ3n) is 0.705. The fourth-order valence-corrected chi connectivity index (χ4v) is 0.321. The SMILES string of the molecule is C/C=C\CNC(C)=O.CC.CC. The van der Waals surface area contributed by atoms with Gasteiger partial charge in [0, 0.05) is 13.5 Å². The Bertz CT molecular complexity index is 98.0. The van der Waals surface area contributed by atoms with Crippen LogP contribution in [0.15, 0.2) is 12.2 Å². The third-order valence-corrected chi connectivity index (χ3v) is 0.705. The number of carbonyl (C=O) groups excluding carboxylic acids is 1. The Hall–Kier alpha value is -0.790. The van der Waals surface area contributed by atoms with E-state index in [0.29, 0.717) is 6.54 Å². The highest BCUT2D eigenvalue weighted by Gasteiger charge is 1.81. The van der Waals surface area contributed by atoms with Crippen molar-refractivity contribution in [1.29, 1.82) is 0 Å². The van der Waals surface area contributed by atoms with Crippen molar-refractivity contribution < 1.29 is 4.79 Å². The van der Waals surface area contributed by atoms with Crippen molar-refractivity contribution in [1.82, 2.24) is 5.32 Å². The van der Waals surface area contributed by atoms with Crippen molar-refractivity contribution in [2.24, 2.45) is 0 Å². The molecule has 0 rings (SSSR count). The minimum absolute atomic E-state index is 0.0168. The van der Waals surface area contributed by atoms with Gasteiger partial charge in [0.15, 0.2) is 0 Å². The zero-order valence-electron chi connectivity index (χ0n) is 9.27. The number of hydrogen-bond donors (Lipinski definition) is 1. The molecule has 0 aromatic rings. The summed E-state index contributed by atoms with van der Waals surface area (Å²) in [4.78, 5) is 10.2. The monoisotopic (exact) mass is 173 g/mol. The van der Waals surface area contributed by atoms with Crippen molar-refractivity contribution in [3.8, 4) is 0 Å². The van der Waals surface area contributed by atoms with Crippen LogP contribution >= 0.6 is 0 Å². The molecule has 0 spiro atoms. The number of hydrogen-bond acceptors (Lipinski definition) is 1. The van der Waals surface area contributed by atoms with Crippen molar-refractivity contribution in [2.45, 2.75) is 41.5 Å². The van der Waals surface area contributed by atoms with Crippen LogP contribution in [0.25, 0.3) is 0 Å². The Morgan fingerprint density at radius 1 is 1.25 bits per heavy atom. The number of rotatable bonds is 2. The van der Waals surface area contributed by atoms with Crippen LogP contribution in [-0.2, 0) is 4.79 Å². The lowest BCUT2D eigenvalue weighted by atomic mass is 10.5. The van der Waals surface area contributed by atoms with Gasteiger partial charge < -0.3 is 5.32 Å². The van der Waals surface area contributed by atoms with Crippen LogP contribution in [0.3, 0.4) is 0 Å². The van der Waals surface area contributed by atoms with E-state index in [0.717, 1.165) is 0 Å². The van der Waals surface area contributed by atoms with E-state index < -0.39 is 0 Å². The van der Waals surface area contributed by atoms with E-state index in [9.17, 15) is 4.79 Å². The molecular formula is C10H23NO. The standard InChI is InChI=1S/C6H11NO.2C2H6/c1-3-4-5-7-6(2)8;2*1-2/h3-4H,5H2,1-2H3,(H,7,8);2*1-2H3/b4-3-;;. The molecule has 0 atom stereocenters. The minimum Gasteiger partial charge on any atom is -0.353 e. The second-order valence-electron chi connectivity index (χ2n) is 1.51. The highest BCUT2D eigenvalue weighted by Crippen LogP contribution is 1.66. The summed E-state index contributed by atoms with van der Waals surface area (Å²) < 4.78 is 0. The summed E-state index contributed by atoms with van der Waals surface area (Å²) >= 11 is 0. The first-order valence-corrected chi connectivity index (χ1v) is 4.63. The van der Waals surface area contributed by atoms with Crippen LogP contribution in [-0.4, -0.2) is 12.5 Å². The summed E-state index contributed by atoms with van der Waals surface area (Å²) in [7, 11) is 0. The number of carbonyl (C=O) groups is 1. The molecule has 1 amide bonds. The molecule has 0 saturated carbocycles. The molecule has 0 unspecified atom stereocenters. The molecule has 0 aromatic carbocycles. The molecule has 74 valence electrons. The lowest BCUT2D eigenvalue weighted by molar-refractivity contribution is -0.118. The normalized spacial score (nSPS) is 7.50. The van der Waals surface area contributed by atoms with E-state index in [2.05, 4.69) is 5.32 Å². The summed E-state index contributed by atoms with van der Waals surface area (Å²) in [6.45, 7) is 12.1. The molecular weight excluding hydrogens is 150 g/mol. The summed E-state index contributed by atoms with van der Waals surface area (Å²) in [6.07, 6.45) is 3.79. The maximum atomic E-state index is 10.2. The second kappa shape index (κ2) is 22.5. The van der Waals surface area contributed by atoms with Gasteiger partial charge in [0.2, 0.25) is 5.91 Å². The van der Waals surface area contributed by atoms with Crippen molar-refractivity contribution in [2.75, 3.05) is 6.54 Å². The Labute approximate surface area is 77.1 Å². The predicted molar refractivity (Wildman–Crippen MR) is 56.2 cm³/mol. The third kappa shape index (κ3) is 35.0. The van der Waals surface area contributed by atoms with E-state index in [1.54, 1.807) is 0 Å². The van der Waals surface area contributed by atoms with Gasteiger partial charge in [-0.25, -0.2) is 0 Å². The van der Waals surface area contributed by atoms with Gasteiger partial charge in [-0.05, 0) is 6.92 Å². The van der Waals surface area contributed by atoms with Gasteiger partial charge in [-0.1, -0.05) is 39.8 Å². The molecule has 0 radical (unpaired) electrons. The predicted octanol–water partition coefficient (Wildman–Crippen LogP) is 2.75. The Morgan fingerprint density at radius 2 is 1.67 bits per heavy atom. The van der Waals surface area contributed by atoms with Gasteiger partial charge in [0.25, 0.3) is 0 Å². The second-order valence-corrected chi connectivity index (χ2v) is 1.51. The van der Waals surface area contributed by atoms with Crippen molar-refractivity contribution in [3.05, 3.63) is 12.2 Å². The smallest absolute Gasteiger partial charge is 0.217 e. The average Bonchev–Trinajstić information content (AvgIpc) is 2.12. The molecule has 0 aliphatic heterocycles. The highest BCUT2D eigenvalue weighted by molar-refractivity contribution is 5.72. The lowest BCUT2D eigenvalue weighted by Crippen LogP contribution is -2.19. The van der Waals surface area contributed by atoms with E-state index in [1.165, 1.54) is 6.92 Å². The molecule has 0 aromatic heterocycles.